The molecule has 0 unspecified atom stereocenters. The average molecular weight is 266 g/mol. The van der Waals surface area contributed by atoms with E-state index in [0.29, 0.717) is 6.54 Å². The van der Waals surface area contributed by atoms with Crippen LogP contribution in [-0.2, 0) is 0 Å². The Balaban J connectivity index is 2.44. The van der Waals surface area contributed by atoms with Gasteiger partial charge in [0.2, 0.25) is 0 Å². The van der Waals surface area contributed by atoms with Crippen molar-refractivity contribution in [2.24, 2.45) is 0 Å². The second-order valence-corrected chi connectivity index (χ2v) is 4.31. The van der Waals surface area contributed by atoms with Gasteiger partial charge < -0.3 is 20.4 Å². The predicted octanol–water partition coefficient (Wildman–Crippen LogP) is 1.56. The highest BCUT2D eigenvalue weighted by Gasteiger charge is 2.15. The van der Waals surface area contributed by atoms with Crippen LogP contribution in [-0.4, -0.2) is 47.2 Å². The summed E-state index contributed by atoms with van der Waals surface area (Å²) < 4.78 is 0. The van der Waals surface area contributed by atoms with Crippen LogP contribution in [0.2, 0.25) is 0 Å². The summed E-state index contributed by atoms with van der Waals surface area (Å²) in [6, 6.07) is 4.25. The molecule has 1 rings (SSSR count). The Hall–Kier alpha value is -1.75. The maximum absolute atomic E-state index is 11.8. The molecule has 0 bridgehead atoms. The summed E-state index contributed by atoms with van der Waals surface area (Å²) >= 11 is 0. The monoisotopic (exact) mass is 266 g/mol. The van der Waals surface area contributed by atoms with E-state index in [-0.39, 0.29) is 17.1 Å². The summed E-state index contributed by atoms with van der Waals surface area (Å²) in [5, 5.41) is 21.8. The van der Waals surface area contributed by atoms with Gasteiger partial charge in [-0.25, -0.2) is 0 Å². The minimum Gasteiger partial charge on any atom is -0.507 e. The Morgan fingerprint density at radius 2 is 1.79 bits per heavy atom. The molecule has 5 nitrogen and oxygen atoms in total. The van der Waals surface area contributed by atoms with Crippen molar-refractivity contribution in [2.45, 2.75) is 20.3 Å². The van der Waals surface area contributed by atoms with Crippen molar-refractivity contribution in [3.05, 3.63) is 23.8 Å². The summed E-state index contributed by atoms with van der Waals surface area (Å²) in [5.74, 6) is -0.863. The second kappa shape index (κ2) is 7.63. The van der Waals surface area contributed by atoms with Gasteiger partial charge in [-0.05, 0) is 38.2 Å². The van der Waals surface area contributed by atoms with E-state index in [0.717, 1.165) is 26.1 Å². The van der Waals surface area contributed by atoms with E-state index in [1.165, 1.54) is 18.2 Å². The number of hydrogen-bond acceptors (Lipinski definition) is 4. The zero-order valence-corrected chi connectivity index (χ0v) is 11.5. The first-order valence-electron chi connectivity index (χ1n) is 6.61. The van der Waals surface area contributed by atoms with Crippen LogP contribution in [0.3, 0.4) is 0 Å². The van der Waals surface area contributed by atoms with Crippen LogP contribution in [0.25, 0.3) is 0 Å². The number of carbonyl (C=O) groups excluding carboxylic acids is 1. The largest absolute Gasteiger partial charge is 0.507 e. The molecule has 0 aromatic heterocycles. The molecule has 1 aromatic carbocycles. The first-order valence-corrected chi connectivity index (χ1v) is 6.61. The van der Waals surface area contributed by atoms with Crippen LogP contribution in [0, 0.1) is 0 Å². The van der Waals surface area contributed by atoms with Crippen molar-refractivity contribution >= 4 is 5.91 Å². The van der Waals surface area contributed by atoms with Crippen LogP contribution < -0.4 is 5.32 Å². The summed E-state index contributed by atoms with van der Waals surface area (Å²) in [6.07, 6.45) is 0.835. The molecule has 1 amide bonds. The third-order valence-electron chi connectivity index (χ3n) is 3.08. The lowest BCUT2D eigenvalue weighted by atomic mass is 10.1. The van der Waals surface area contributed by atoms with Gasteiger partial charge in [0.15, 0.2) is 0 Å². The molecule has 0 saturated carbocycles. The number of rotatable bonds is 7. The lowest BCUT2D eigenvalue weighted by molar-refractivity contribution is 0.0946. The van der Waals surface area contributed by atoms with Gasteiger partial charge in [0, 0.05) is 6.54 Å². The van der Waals surface area contributed by atoms with Crippen molar-refractivity contribution in [1.82, 2.24) is 10.2 Å². The molecule has 0 radical (unpaired) electrons. The molecular weight excluding hydrogens is 244 g/mol. The fraction of sp³-hybridized carbons (Fsp3) is 0.500. The zero-order valence-electron chi connectivity index (χ0n) is 11.5. The van der Waals surface area contributed by atoms with E-state index in [9.17, 15) is 15.0 Å². The first kappa shape index (κ1) is 15.3. The SMILES string of the molecule is CCN(CC)CCCNC(=O)c1c(O)cccc1O. The fourth-order valence-corrected chi connectivity index (χ4v) is 1.89. The third-order valence-corrected chi connectivity index (χ3v) is 3.08. The maximum Gasteiger partial charge on any atom is 0.258 e. The average Bonchev–Trinajstić information content (AvgIpc) is 2.38. The molecule has 0 aliphatic rings. The lowest BCUT2D eigenvalue weighted by Gasteiger charge is -2.17. The minimum atomic E-state index is -0.449. The van der Waals surface area contributed by atoms with E-state index in [2.05, 4.69) is 24.1 Å². The summed E-state index contributed by atoms with van der Waals surface area (Å²) in [5.41, 5.74) is -0.0645. The first-order chi connectivity index (χ1) is 9.10. The number of carbonyl (C=O) groups is 1. The van der Waals surface area contributed by atoms with Crippen LogP contribution in [0.15, 0.2) is 18.2 Å². The number of phenolic OH excluding ortho intramolecular Hbond substituents is 2. The van der Waals surface area contributed by atoms with Gasteiger partial charge in [0.05, 0.1) is 0 Å². The fourth-order valence-electron chi connectivity index (χ4n) is 1.89. The van der Waals surface area contributed by atoms with Crippen molar-refractivity contribution in [3.8, 4) is 11.5 Å². The van der Waals surface area contributed by atoms with Crippen LogP contribution in [0.4, 0.5) is 0 Å². The highest BCUT2D eigenvalue weighted by Crippen LogP contribution is 2.25. The third kappa shape index (κ3) is 4.44. The van der Waals surface area contributed by atoms with E-state index in [1.54, 1.807) is 0 Å². The standard InChI is InChI=1S/C14H22N2O3/c1-3-16(4-2)10-6-9-15-14(19)13-11(17)7-5-8-12(13)18/h5,7-8,17-18H,3-4,6,9-10H2,1-2H3,(H,15,19). The van der Waals surface area contributed by atoms with E-state index in [4.69, 9.17) is 0 Å². The molecule has 0 atom stereocenters. The van der Waals surface area contributed by atoms with Gasteiger partial charge in [0.1, 0.15) is 17.1 Å². The Morgan fingerprint density at radius 3 is 2.32 bits per heavy atom. The van der Waals surface area contributed by atoms with Crippen molar-refractivity contribution in [3.63, 3.8) is 0 Å². The Morgan fingerprint density at radius 1 is 1.21 bits per heavy atom. The highest BCUT2D eigenvalue weighted by atomic mass is 16.3. The molecule has 0 heterocycles. The van der Waals surface area contributed by atoms with Gasteiger partial charge in [-0.3, -0.25) is 4.79 Å². The quantitative estimate of drug-likeness (QED) is 0.655. The number of aromatic hydroxyl groups is 2. The van der Waals surface area contributed by atoms with E-state index in [1.807, 2.05) is 0 Å². The van der Waals surface area contributed by atoms with E-state index < -0.39 is 5.91 Å². The summed E-state index contributed by atoms with van der Waals surface area (Å²) in [6.45, 7) is 7.61. The number of nitrogens with zero attached hydrogens (tertiary/aromatic N) is 1. The lowest BCUT2D eigenvalue weighted by Crippen LogP contribution is -2.30. The molecule has 0 spiro atoms. The minimum absolute atomic E-state index is 0.0645. The molecule has 0 fully saturated rings. The van der Waals surface area contributed by atoms with Gasteiger partial charge >= 0.3 is 0 Å². The Labute approximate surface area is 113 Å². The van der Waals surface area contributed by atoms with Crippen LogP contribution in [0.5, 0.6) is 11.5 Å². The molecule has 5 heteroatoms. The molecule has 1 aromatic rings. The normalized spacial score (nSPS) is 10.7. The Bertz CT molecular complexity index is 397. The molecule has 19 heavy (non-hydrogen) atoms. The highest BCUT2D eigenvalue weighted by molar-refractivity contribution is 5.99. The zero-order chi connectivity index (χ0) is 14.3. The number of hydrogen-bond donors (Lipinski definition) is 3. The molecule has 106 valence electrons. The molecule has 0 aliphatic heterocycles. The summed E-state index contributed by atoms with van der Waals surface area (Å²) in [7, 11) is 0. The van der Waals surface area contributed by atoms with Crippen LogP contribution in [0.1, 0.15) is 30.6 Å². The second-order valence-electron chi connectivity index (χ2n) is 4.31. The topological polar surface area (TPSA) is 72.8 Å². The Kier molecular flexibility index (Phi) is 6.15. The molecule has 3 N–H and O–H groups in total. The number of benzene rings is 1. The van der Waals surface area contributed by atoms with Gasteiger partial charge in [-0.15, -0.1) is 0 Å². The van der Waals surface area contributed by atoms with Crippen molar-refractivity contribution in [2.75, 3.05) is 26.2 Å². The summed E-state index contributed by atoms with van der Waals surface area (Å²) in [4.78, 5) is 14.1. The molecule has 0 aliphatic carbocycles. The molecule has 0 saturated heterocycles. The van der Waals surface area contributed by atoms with Gasteiger partial charge in [-0.1, -0.05) is 19.9 Å². The van der Waals surface area contributed by atoms with Gasteiger partial charge in [-0.2, -0.15) is 0 Å². The van der Waals surface area contributed by atoms with Crippen molar-refractivity contribution in [1.29, 1.82) is 0 Å². The number of amides is 1. The number of nitrogens with one attached hydrogen (secondary N) is 1. The molecular formula is C14H22N2O3. The smallest absolute Gasteiger partial charge is 0.258 e. The van der Waals surface area contributed by atoms with E-state index >= 15 is 0 Å². The van der Waals surface area contributed by atoms with Gasteiger partial charge in [0.25, 0.3) is 5.91 Å². The van der Waals surface area contributed by atoms with Crippen molar-refractivity contribution < 1.29 is 15.0 Å². The maximum atomic E-state index is 11.8. The number of phenols is 2. The predicted molar refractivity (Wildman–Crippen MR) is 74.5 cm³/mol. The van der Waals surface area contributed by atoms with Crippen LogP contribution >= 0.6 is 0 Å².